The lowest BCUT2D eigenvalue weighted by molar-refractivity contribution is 0.403. The van der Waals surface area contributed by atoms with Crippen molar-refractivity contribution in [1.29, 1.82) is 0 Å². The van der Waals surface area contributed by atoms with Crippen LogP contribution in [0.5, 0.6) is 5.75 Å². The van der Waals surface area contributed by atoms with Crippen LogP contribution >= 0.6 is 0 Å². The summed E-state index contributed by atoms with van der Waals surface area (Å²) in [5.74, 6) is 2.01. The standard InChI is InChI=1S/C19H24N6O4S/c1-12-9-10-13(29-12)11-25(5)19-17(22-30(27,28)23-19)21-15-8-6-7-14(16(15)26)18(20-2)24(3)4/h6-10,26H,11H2,1-5H3,(H,21,22)/b20-18-. The second-order valence-electron chi connectivity index (χ2n) is 6.94. The van der Waals surface area contributed by atoms with Crippen molar-refractivity contribution in [3.63, 3.8) is 0 Å². The molecule has 0 atom stereocenters. The Morgan fingerprint density at radius 1 is 1.20 bits per heavy atom. The van der Waals surface area contributed by atoms with Gasteiger partial charge >= 0.3 is 10.2 Å². The quantitative estimate of drug-likeness (QED) is 0.429. The smallest absolute Gasteiger partial charge is 0.367 e. The zero-order chi connectivity index (χ0) is 22.1. The second kappa shape index (κ2) is 8.19. The number of likely N-dealkylation sites (N-methyl/N-ethyl adjacent to an activating group) is 1. The molecule has 11 heteroatoms. The molecule has 0 saturated carbocycles. The molecule has 2 heterocycles. The molecule has 3 rings (SSSR count). The molecular formula is C19H24N6O4S. The van der Waals surface area contributed by atoms with Crippen molar-refractivity contribution in [3.05, 3.63) is 47.4 Å². The van der Waals surface area contributed by atoms with E-state index in [2.05, 4.69) is 19.1 Å². The topological polar surface area (TPSA) is 123 Å². The minimum atomic E-state index is -4.03. The fourth-order valence-corrected chi connectivity index (χ4v) is 3.89. The first-order valence-electron chi connectivity index (χ1n) is 9.06. The van der Waals surface area contributed by atoms with E-state index in [1.54, 1.807) is 42.1 Å². The van der Waals surface area contributed by atoms with Crippen LogP contribution in [0, 0.1) is 6.92 Å². The summed E-state index contributed by atoms with van der Waals surface area (Å²) in [6.45, 7) is 2.12. The fraction of sp³-hybridized carbons (Fsp3) is 0.316. The molecular weight excluding hydrogens is 408 g/mol. The molecule has 0 spiro atoms. The van der Waals surface area contributed by atoms with Gasteiger partial charge in [-0.3, -0.25) is 4.99 Å². The van der Waals surface area contributed by atoms with Gasteiger partial charge < -0.3 is 24.6 Å². The normalized spacial score (nSPS) is 15.6. The Hall–Kier alpha value is -3.34. The first-order valence-corrected chi connectivity index (χ1v) is 10.5. The summed E-state index contributed by atoms with van der Waals surface area (Å²) in [6.07, 6.45) is 0. The van der Waals surface area contributed by atoms with E-state index in [4.69, 9.17) is 4.42 Å². The number of nitrogens with zero attached hydrogens (tertiary/aromatic N) is 5. The number of nitrogens with one attached hydrogen (secondary N) is 1. The van der Waals surface area contributed by atoms with Gasteiger partial charge in [0.1, 0.15) is 23.1 Å². The van der Waals surface area contributed by atoms with Crippen LogP contribution in [-0.4, -0.2) is 69.0 Å². The number of rotatable bonds is 4. The van der Waals surface area contributed by atoms with E-state index < -0.39 is 10.2 Å². The van der Waals surface area contributed by atoms with E-state index in [1.807, 2.05) is 33.2 Å². The van der Waals surface area contributed by atoms with Crippen LogP contribution in [0.4, 0.5) is 5.69 Å². The largest absolute Gasteiger partial charge is 0.505 e. The van der Waals surface area contributed by atoms with Crippen molar-refractivity contribution in [2.75, 3.05) is 33.5 Å². The van der Waals surface area contributed by atoms with Gasteiger partial charge in [-0.05, 0) is 31.2 Å². The monoisotopic (exact) mass is 432 g/mol. The van der Waals surface area contributed by atoms with Crippen LogP contribution in [-0.2, 0) is 16.8 Å². The van der Waals surface area contributed by atoms with Crippen molar-refractivity contribution in [2.24, 2.45) is 13.8 Å². The Kier molecular flexibility index (Phi) is 5.83. The number of para-hydroxylation sites is 1. The average molecular weight is 433 g/mol. The third-order valence-corrected chi connectivity index (χ3v) is 5.15. The minimum absolute atomic E-state index is 0.00747. The summed E-state index contributed by atoms with van der Waals surface area (Å²) in [5, 5.41) is 13.6. The molecule has 1 aliphatic rings. The summed E-state index contributed by atoms with van der Waals surface area (Å²) < 4.78 is 37.1. The number of phenolic OH excluding ortho intramolecular Hbond substituents is 1. The highest BCUT2D eigenvalue weighted by atomic mass is 32.2. The van der Waals surface area contributed by atoms with E-state index in [0.29, 0.717) is 23.7 Å². The molecule has 1 aromatic heterocycles. The summed E-state index contributed by atoms with van der Waals surface area (Å²) in [6, 6.07) is 8.69. The molecule has 0 bridgehead atoms. The van der Waals surface area contributed by atoms with E-state index in [0.717, 1.165) is 5.76 Å². The van der Waals surface area contributed by atoms with Gasteiger partial charge in [-0.1, -0.05) is 6.07 Å². The van der Waals surface area contributed by atoms with Gasteiger partial charge in [-0.25, -0.2) is 0 Å². The molecule has 10 nitrogen and oxygen atoms in total. The maximum Gasteiger partial charge on any atom is 0.367 e. The molecule has 2 aromatic rings. The molecule has 1 aliphatic heterocycles. The first-order chi connectivity index (χ1) is 14.1. The van der Waals surface area contributed by atoms with Gasteiger partial charge in [0.25, 0.3) is 0 Å². The predicted molar refractivity (Wildman–Crippen MR) is 117 cm³/mol. The number of benzene rings is 1. The van der Waals surface area contributed by atoms with Crippen molar-refractivity contribution in [3.8, 4) is 5.75 Å². The number of furan rings is 1. The number of phenols is 1. The van der Waals surface area contributed by atoms with Crippen LogP contribution in [0.3, 0.4) is 0 Å². The first kappa shape index (κ1) is 21.4. The van der Waals surface area contributed by atoms with Gasteiger partial charge in [0.15, 0.2) is 11.7 Å². The molecule has 0 fully saturated rings. The van der Waals surface area contributed by atoms with Gasteiger partial charge in [0.2, 0.25) is 0 Å². The Bertz CT molecular complexity index is 1150. The molecule has 0 aliphatic carbocycles. The summed E-state index contributed by atoms with van der Waals surface area (Å²) in [7, 11) is 2.90. The molecule has 0 radical (unpaired) electrons. The number of aromatic hydroxyl groups is 1. The minimum Gasteiger partial charge on any atom is -0.505 e. The highest BCUT2D eigenvalue weighted by molar-refractivity contribution is 7.89. The summed E-state index contributed by atoms with van der Waals surface area (Å²) in [5.41, 5.74) is 0.771. The van der Waals surface area contributed by atoms with Crippen LogP contribution in [0.25, 0.3) is 0 Å². The molecule has 0 unspecified atom stereocenters. The maximum absolute atomic E-state index is 12.0. The third kappa shape index (κ3) is 4.46. The van der Waals surface area contributed by atoms with E-state index in [1.165, 1.54) is 0 Å². The zero-order valence-corrected chi connectivity index (χ0v) is 18.2. The van der Waals surface area contributed by atoms with Crippen LogP contribution in [0.1, 0.15) is 17.1 Å². The Morgan fingerprint density at radius 2 is 1.93 bits per heavy atom. The second-order valence-corrected chi connectivity index (χ2v) is 8.20. The van der Waals surface area contributed by atoms with Crippen LogP contribution in [0.2, 0.25) is 0 Å². The number of aryl methyl sites for hydroxylation is 1. The fourth-order valence-electron chi connectivity index (χ4n) is 3.05. The van der Waals surface area contributed by atoms with Crippen LogP contribution < -0.4 is 5.32 Å². The highest BCUT2D eigenvalue weighted by Crippen LogP contribution is 2.29. The summed E-state index contributed by atoms with van der Waals surface area (Å²) >= 11 is 0. The Balaban J connectivity index is 1.91. The third-order valence-electron chi connectivity index (χ3n) is 4.34. The number of amidine groups is 3. The highest BCUT2D eigenvalue weighted by Gasteiger charge is 2.29. The van der Waals surface area contributed by atoms with Crippen molar-refractivity contribution in [1.82, 2.24) is 9.80 Å². The predicted octanol–water partition coefficient (Wildman–Crippen LogP) is 1.83. The van der Waals surface area contributed by atoms with Gasteiger partial charge in [-0.15, -0.1) is 8.80 Å². The molecule has 2 N–H and O–H groups in total. The average Bonchev–Trinajstić information content (AvgIpc) is 3.20. The van der Waals surface area contributed by atoms with Crippen molar-refractivity contribution < 1.29 is 17.9 Å². The molecule has 0 saturated heterocycles. The lowest BCUT2D eigenvalue weighted by atomic mass is 10.1. The molecule has 30 heavy (non-hydrogen) atoms. The van der Waals surface area contributed by atoms with Gasteiger partial charge in [0, 0.05) is 28.2 Å². The lowest BCUT2D eigenvalue weighted by Crippen LogP contribution is -2.35. The SMILES string of the molecule is C/N=C(/c1cccc(NC2=NS(=O)(=O)N=C2N(C)Cc2ccc(C)o2)c1O)N(C)C. The zero-order valence-electron chi connectivity index (χ0n) is 17.4. The lowest BCUT2D eigenvalue weighted by Gasteiger charge is -2.20. The van der Waals surface area contributed by atoms with E-state index in [-0.39, 0.29) is 23.1 Å². The molecule has 0 amide bonds. The molecule has 1 aromatic carbocycles. The van der Waals surface area contributed by atoms with E-state index >= 15 is 0 Å². The van der Waals surface area contributed by atoms with Gasteiger partial charge in [-0.2, -0.15) is 8.42 Å². The van der Waals surface area contributed by atoms with Gasteiger partial charge in [0.05, 0.1) is 17.8 Å². The number of anilines is 1. The van der Waals surface area contributed by atoms with Crippen molar-refractivity contribution >= 4 is 33.4 Å². The van der Waals surface area contributed by atoms with E-state index in [9.17, 15) is 13.5 Å². The number of hydrogen-bond donors (Lipinski definition) is 2. The molecule has 160 valence electrons. The maximum atomic E-state index is 12.0. The summed E-state index contributed by atoms with van der Waals surface area (Å²) in [4.78, 5) is 7.56. The number of hydrogen-bond acceptors (Lipinski definition) is 7. The number of aliphatic imine (C=N–C) groups is 1. The Labute approximate surface area is 175 Å². The Morgan fingerprint density at radius 3 is 2.53 bits per heavy atom. The van der Waals surface area contributed by atoms with Crippen LogP contribution in [0.15, 0.2) is 48.5 Å². The van der Waals surface area contributed by atoms with Crippen molar-refractivity contribution in [2.45, 2.75) is 13.5 Å².